The minimum Gasteiger partial charge on any atom is -0.345 e. The largest absolute Gasteiger partial charge is 0.345 e. The van der Waals surface area contributed by atoms with Crippen LogP contribution in [0.2, 0.25) is 0 Å². The maximum absolute atomic E-state index is 11.2. The minimum absolute atomic E-state index is 0.0338. The van der Waals surface area contributed by atoms with Crippen LogP contribution in [0.4, 0.5) is 0 Å². The second kappa shape index (κ2) is 6.47. The molecule has 15 heavy (non-hydrogen) atoms. The van der Waals surface area contributed by atoms with Crippen LogP contribution in [0.5, 0.6) is 0 Å². The molecule has 0 saturated heterocycles. The zero-order valence-corrected chi connectivity index (χ0v) is 9.38. The fraction of sp³-hybridized carbons (Fsp3) is 0.750. The van der Waals surface area contributed by atoms with E-state index in [1.807, 2.05) is 0 Å². The van der Waals surface area contributed by atoms with Gasteiger partial charge in [-0.25, -0.2) is 0 Å². The molecule has 0 heterocycles. The lowest BCUT2D eigenvalue weighted by molar-refractivity contribution is -0.120. The van der Waals surface area contributed by atoms with Gasteiger partial charge in [0, 0.05) is 19.0 Å². The number of hydrogen-bond donors (Lipinski definition) is 2. The summed E-state index contributed by atoms with van der Waals surface area (Å²) in [5.74, 6) is 3.25. The second-order valence-corrected chi connectivity index (χ2v) is 4.30. The van der Waals surface area contributed by atoms with Crippen molar-refractivity contribution in [2.45, 2.75) is 38.6 Å². The number of rotatable bonds is 5. The predicted octanol–water partition coefficient (Wildman–Crippen LogP) is 0.904. The number of amides is 1. The van der Waals surface area contributed by atoms with Crippen molar-refractivity contribution in [1.29, 1.82) is 0 Å². The van der Waals surface area contributed by atoms with Gasteiger partial charge < -0.3 is 10.6 Å². The van der Waals surface area contributed by atoms with E-state index in [-0.39, 0.29) is 5.91 Å². The fourth-order valence-corrected chi connectivity index (χ4v) is 2.02. The third-order valence-electron chi connectivity index (χ3n) is 2.87. The van der Waals surface area contributed by atoms with Crippen LogP contribution in [0.25, 0.3) is 0 Å². The number of hydrogen-bond acceptors (Lipinski definition) is 2. The van der Waals surface area contributed by atoms with Crippen molar-refractivity contribution < 1.29 is 4.79 Å². The molecule has 1 saturated carbocycles. The van der Waals surface area contributed by atoms with Crippen LogP contribution >= 0.6 is 0 Å². The van der Waals surface area contributed by atoms with E-state index in [1.165, 1.54) is 19.3 Å². The van der Waals surface area contributed by atoms with Gasteiger partial charge in [-0.2, -0.15) is 0 Å². The highest BCUT2D eigenvalue weighted by Gasteiger charge is 2.20. The molecule has 0 radical (unpaired) electrons. The second-order valence-electron chi connectivity index (χ2n) is 4.30. The van der Waals surface area contributed by atoms with E-state index < -0.39 is 0 Å². The molecule has 0 spiro atoms. The zero-order chi connectivity index (χ0) is 11.1. The number of carbonyl (C=O) groups is 1. The van der Waals surface area contributed by atoms with Crippen molar-refractivity contribution in [3.63, 3.8) is 0 Å². The topological polar surface area (TPSA) is 41.1 Å². The van der Waals surface area contributed by atoms with Gasteiger partial charge in [0.1, 0.15) is 0 Å². The first-order valence-corrected chi connectivity index (χ1v) is 5.66. The van der Waals surface area contributed by atoms with Crippen LogP contribution in [0, 0.1) is 18.3 Å². The Bertz CT molecular complexity index is 244. The van der Waals surface area contributed by atoms with Gasteiger partial charge in [0.2, 0.25) is 5.91 Å². The van der Waals surface area contributed by atoms with Gasteiger partial charge in [0.15, 0.2) is 0 Å². The predicted molar refractivity (Wildman–Crippen MR) is 61.3 cm³/mol. The molecule has 2 unspecified atom stereocenters. The van der Waals surface area contributed by atoms with Crippen molar-refractivity contribution in [2.75, 3.05) is 13.1 Å². The van der Waals surface area contributed by atoms with Gasteiger partial charge in [0.25, 0.3) is 0 Å². The van der Waals surface area contributed by atoms with Crippen LogP contribution < -0.4 is 10.6 Å². The third kappa shape index (κ3) is 4.85. The van der Waals surface area contributed by atoms with E-state index in [0.29, 0.717) is 19.0 Å². The minimum atomic E-state index is 0.0338. The SMILES string of the molecule is C#CCNC(=O)CCNC1CCC(C)C1. The monoisotopic (exact) mass is 208 g/mol. The first kappa shape index (κ1) is 12.1. The van der Waals surface area contributed by atoms with Gasteiger partial charge in [-0.1, -0.05) is 12.8 Å². The molecule has 0 aromatic heterocycles. The van der Waals surface area contributed by atoms with Gasteiger partial charge in [-0.05, 0) is 25.2 Å². The molecule has 1 aliphatic carbocycles. The molecule has 1 amide bonds. The Hall–Kier alpha value is -1.01. The lowest BCUT2D eigenvalue weighted by Gasteiger charge is -2.11. The molecule has 2 N–H and O–H groups in total. The highest BCUT2D eigenvalue weighted by atomic mass is 16.1. The van der Waals surface area contributed by atoms with Crippen molar-refractivity contribution >= 4 is 5.91 Å². The number of nitrogens with one attached hydrogen (secondary N) is 2. The first-order chi connectivity index (χ1) is 7.22. The van der Waals surface area contributed by atoms with E-state index in [9.17, 15) is 4.79 Å². The average Bonchev–Trinajstić information content (AvgIpc) is 2.61. The van der Waals surface area contributed by atoms with Crippen LogP contribution in [-0.4, -0.2) is 25.0 Å². The molecular weight excluding hydrogens is 188 g/mol. The van der Waals surface area contributed by atoms with Crippen LogP contribution in [0.1, 0.15) is 32.6 Å². The molecule has 1 rings (SSSR count). The van der Waals surface area contributed by atoms with Crippen molar-refractivity contribution in [1.82, 2.24) is 10.6 Å². The molecule has 84 valence electrons. The Balaban J connectivity index is 2.01. The van der Waals surface area contributed by atoms with Gasteiger partial charge >= 0.3 is 0 Å². The molecular formula is C12H20N2O. The Morgan fingerprint density at radius 1 is 1.53 bits per heavy atom. The molecule has 2 atom stereocenters. The maximum Gasteiger partial charge on any atom is 0.222 e. The first-order valence-electron chi connectivity index (χ1n) is 5.66. The molecule has 0 aromatic rings. The van der Waals surface area contributed by atoms with Crippen LogP contribution in [-0.2, 0) is 4.79 Å². The Labute approximate surface area is 92.0 Å². The normalized spacial score (nSPS) is 24.8. The van der Waals surface area contributed by atoms with E-state index in [4.69, 9.17) is 6.42 Å². The van der Waals surface area contributed by atoms with E-state index >= 15 is 0 Å². The molecule has 0 aromatic carbocycles. The van der Waals surface area contributed by atoms with Crippen molar-refractivity contribution in [3.8, 4) is 12.3 Å². The fourth-order valence-electron chi connectivity index (χ4n) is 2.02. The number of carbonyl (C=O) groups excluding carboxylic acids is 1. The molecule has 3 nitrogen and oxygen atoms in total. The summed E-state index contributed by atoms with van der Waals surface area (Å²) in [4.78, 5) is 11.2. The average molecular weight is 208 g/mol. The Morgan fingerprint density at radius 3 is 2.93 bits per heavy atom. The van der Waals surface area contributed by atoms with Crippen LogP contribution in [0.3, 0.4) is 0 Å². The number of terminal acetylenes is 1. The summed E-state index contributed by atoms with van der Waals surface area (Å²) >= 11 is 0. The van der Waals surface area contributed by atoms with E-state index in [2.05, 4.69) is 23.5 Å². The lowest BCUT2D eigenvalue weighted by atomic mass is 10.1. The van der Waals surface area contributed by atoms with Crippen molar-refractivity contribution in [2.24, 2.45) is 5.92 Å². The third-order valence-corrected chi connectivity index (χ3v) is 2.87. The summed E-state index contributed by atoms with van der Waals surface area (Å²) in [6.45, 7) is 3.37. The quantitative estimate of drug-likeness (QED) is 0.659. The highest BCUT2D eigenvalue weighted by molar-refractivity contribution is 5.76. The summed E-state index contributed by atoms with van der Waals surface area (Å²) in [5, 5.41) is 6.06. The smallest absolute Gasteiger partial charge is 0.222 e. The molecule has 1 fully saturated rings. The molecule has 3 heteroatoms. The lowest BCUT2D eigenvalue weighted by Crippen LogP contribution is -2.32. The van der Waals surface area contributed by atoms with Crippen LogP contribution in [0.15, 0.2) is 0 Å². The summed E-state index contributed by atoms with van der Waals surface area (Å²) in [6, 6.07) is 0.612. The molecule has 0 bridgehead atoms. The summed E-state index contributed by atoms with van der Waals surface area (Å²) in [7, 11) is 0. The van der Waals surface area contributed by atoms with E-state index in [1.54, 1.807) is 0 Å². The van der Waals surface area contributed by atoms with Gasteiger partial charge in [-0.3, -0.25) is 4.79 Å². The zero-order valence-electron chi connectivity index (χ0n) is 9.38. The van der Waals surface area contributed by atoms with E-state index in [0.717, 1.165) is 12.5 Å². The van der Waals surface area contributed by atoms with Crippen molar-refractivity contribution in [3.05, 3.63) is 0 Å². The highest BCUT2D eigenvalue weighted by Crippen LogP contribution is 2.24. The maximum atomic E-state index is 11.2. The summed E-state index contributed by atoms with van der Waals surface area (Å²) in [6.07, 6.45) is 9.35. The standard InChI is InChI=1S/C12H20N2O/c1-3-7-14-12(15)6-8-13-11-5-4-10(2)9-11/h1,10-11,13H,4-9H2,2H3,(H,14,15). The molecule has 1 aliphatic rings. The Morgan fingerprint density at radius 2 is 2.33 bits per heavy atom. The van der Waals surface area contributed by atoms with Gasteiger partial charge in [0.05, 0.1) is 6.54 Å². The molecule has 0 aliphatic heterocycles. The van der Waals surface area contributed by atoms with Gasteiger partial charge in [-0.15, -0.1) is 6.42 Å². The summed E-state index contributed by atoms with van der Waals surface area (Å²) < 4.78 is 0. The Kier molecular flexibility index (Phi) is 5.20. The summed E-state index contributed by atoms with van der Waals surface area (Å²) in [5.41, 5.74) is 0.